The number of fused-ring (bicyclic) bond motifs is 2. The second-order valence-corrected chi connectivity index (χ2v) is 8.09. The number of carbonyl (C=O) groups excluding carboxylic acids is 1. The van der Waals surface area contributed by atoms with Gasteiger partial charge in [0.15, 0.2) is 0 Å². The Morgan fingerprint density at radius 3 is 2.61 bits per heavy atom. The molecule has 0 fully saturated rings. The molecule has 2 N–H and O–H groups in total. The average molecular weight is 436 g/mol. The van der Waals surface area contributed by atoms with E-state index in [0.717, 1.165) is 27.8 Å². The Labute approximate surface area is 170 Å². The molecule has 5 rings (SSSR count). The molecule has 2 heterocycles. The number of allylic oxidation sites excluding steroid dienone is 2. The highest BCUT2D eigenvalue weighted by molar-refractivity contribution is 9.10. The fourth-order valence-corrected chi connectivity index (χ4v) is 4.70. The molecule has 0 amide bonds. The van der Waals surface area contributed by atoms with Gasteiger partial charge in [0, 0.05) is 22.5 Å². The van der Waals surface area contributed by atoms with Crippen LogP contribution >= 0.6 is 15.9 Å². The summed E-state index contributed by atoms with van der Waals surface area (Å²) in [5, 5.41) is 6.54. The number of nitrogens with zero attached hydrogens (tertiary/aromatic N) is 1. The quantitative estimate of drug-likeness (QED) is 0.628. The number of ketones is 1. The van der Waals surface area contributed by atoms with Crippen molar-refractivity contribution in [2.45, 2.75) is 18.8 Å². The summed E-state index contributed by atoms with van der Waals surface area (Å²) < 4.78 is 2.48. The Morgan fingerprint density at radius 2 is 1.82 bits per heavy atom. The SMILES string of the molecule is O=C1CCC=C2Nc3[nH]n(-c4ccccc4)c(=O)c3C(c3cccc(Br)c3)C12. The smallest absolute Gasteiger partial charge is 0.277 e. The van der Waals surface area contributed by atoms with E-state index in [1.54, 1.807) is 4.68 Å². The number of benzene rings is 2. The largest absolute Gasteiger partial charge is 0.343 e. The topological polar surface area (TPSA) is 66.9 Å². The average Bonchev–Trinajstić information content (AvgIpc) is 3.03. The maximum Gasteiger partial charge on any atom is 0.277 e. The van der Waals surface area contributed by atoms with Crippen LogP contribution in [0.3, 0.4) is 0 Å². The number of nitrogens with one attached hydrogen (secondary N) is 2. The lowest BCUT2D eigenvalue weighted by Gasteiger charge is -2.35. The zero-order valence-corrected chi connectivity index (χ0v) is 16.6. The van der Waals surface area contributed by atoms with E-state index in [4.69, 9.17) is 0 Å². The van der Waals surface area contributed by atoms with Gasteiger partial charge in [-0.25, -0.2) is 4.68 Å². The third-order valence-corrected chi connectivity index (χ3v) is 5.99. The fourth-order valence-electron chi connectivity index (χ4n) is 4.28. The number of anilines is 1. The minimum absolute atomic E-state index is 0.129. The molecule has 0 bridgehead atoms. The summed E-state index contributed by atoms with van der Waals surface area (Å²) in [6, 6.07) is 17.4. The van der Waals surface area contributed by atoms with Crippen LogP contribution < -0.4 is 10.9 Å². The molecule has 1 aliphatic carbocycles. The molecule has 5 nitrogen and oxygen atoms in total. The Morgan fingerprint density at radius 1 is 1.00 bits per heavy atom. The van der Waals surface area contributed by atoms with E-state index in [9.17, 15) is 9.59 Å². The van der Waals surface area contributed by atoms with E-state index >= 15 is 0 Å². The van der Waals surface area contributed by atoms with E-state index in [2.05, 4.69) is 32.4 Å². The zero-order valence-electron chi connectivity index (χ0n) is 15.0. The molecule has 140 valence electrons. The number of Topliss-reactive ketones (excluding diaryl/α,β-unsaturated/α-hetero) is 1. The second kappa shape index (κ2) is 6.63. The van der Waals surface area contributed by atoms with Gasteiger partial charge in [-0.05, 0) is 36.2 Å². The Balaban J connectivity index is 1.76. The van der Waals surface area contributed by atoms with Crippen molar-refractivity contribution in [3.63, 3.8) is 0 Å². The van der Waals surface area contributed by atoms with Gasteiger partial charge < -0.3 is 5.32 Å². The van der Waals surface area contributed by atoms with Gasteiger partial charge in [0.2, 0.25) is 0 Å². The molecule has 0 radical (unpaired) electrons. The number of hydrogen-bond acceptors (Lipinski definition) is 3. The molecule has 2 atom stereocenters. The summed E-state index contributed by atoms with van der Waals surface area (Å²) in [5.41, 5.74) is 3.09. The molecule has 2 aliphatic rings. The first-order valence-electron chi connectivity index (χ1n) is 9.29. The third kappa shape index (κ3) is 2.67. The van der Waals surface area contributed by atoms with E-state index in [1.165, 1.54) is 0 Å². The summed E-state index contributed by atoms with van der Waals surface area (Å²) >= 11 is 3.53. The first-order valence-corrected chi connectivity index (χ1v) is 10.1. The number of carbonyl (C=O) groups is 1. The van der Waals surface area contributed by atoms with Crippen LogP contribution in [-0.2, 0) is 4.79 Å². The molecular formula is C22H18BrN3O2. The highest BCUT2D eigenvalue weighted by Crippen LogP contribution is 2.45. The van der Waals surface area contributed by atoms with E-state index in [0.29, 0.717) is 17.8 Å². The van der Waals surface area contributed by atoms with Crippen LogP contribution in [0.4, 0.5) is 5.82 Å². The highest BCUT2D eigenvalue weighted by Gasteiger charge is 2.43. The van der Waals surface area contributed by atoms with Gasteiger partial charge in [-0.1, -0.05) is 52.3 Å². The minimum Gasteiger partial charge on any atom is -0.343 e. The molecule has 2 unspecified atom stereocenters. The number of halogens is 1. The first-order chi connectivity index (χ1) is 13.6. The van der Waals surface area contributed by atoms with Crippen LogP contribution in [0, 0.1) is 5.92 Å². The van der Waals surface area contributed by atoms with Gasteiger partial charge >= 0.3 is 0 Å². The number of H-pyrrole nitrogens is 1. The zero-order chi connectivity index (χ0) is 19.3. The predicted molar refractivity (Wildman–Crippen MR) is 112 cm³/mol. The Hall–Kier alpha value is -2.86. The van der Waals surface area contributed by atoms with Crippen molar-refractivity contribution in [3.8, 4) is 5.69 Å². The maximum atomic E-state index is 13.4. The van der Waals surface area contributed by atoms with E-state index in [1.807, 2.05) is 54.6 Å². The molecule has 0 spiro atoms. The lowest BCUT2D eigenvalue weighted by Crippen LogP contribution is -2.36. The van der Waals surface area contributed by atoms with Crippen molar-refractivity contribution in [3.05, 3.63) is 92.3 Å². The van der Waals surface area contributed by atoms with Crippen LogP contribution in [0.2, 0.25) is 0 Å². The summed E-state index contributed by atoms with van der Waals surface area (Å²) in [6.45, 7) is 0. The molecule has 28 heavy (non-hydrogen) atoms. The summed E-state index contributed by atoms with van der Waals surface area (Å²) in [7, 11) is 0. The minimum atomic E-state index is -0.358. The van der Waals surface area contributed by atoms with Crippen molar-refractivity contribution in [2.24, 2.45) is 5.92 Å². The second-order valence-electron chi connectivity index (χ2n) is 7.18. The van der Waals surface area contributed by atoms with Crippen LogP contribution in [-0.4, -0.2) is 15.6 Å². The lowest BCUT2D eigenvalue weighted by molar-refractivity contribution is -0.122. The van der Waals surface area contributed by atoms with E-state index < -0.39 is 0 Å². The number of para-hydroxylation sites is 1. The maximum absolute atomic E-state index is 13.4. The van der Waals surface area contributed by atoms with Crippen molar-refractivity contribution in [1.29, 1.82) is 0 Å². The molecule has 1 aliphatic heterocycles. The van der Waals surface area contributed by atoms with Crippen molar-refractivity contribution in [1.82, 2.24) is 9.78 Å². The summed E-state index contributed by atoms with van der Waals surface area (Å²) in [6.07, 6.45) is 3.31. The summed E-state index contributed by atoms with van der Waals surface area (Å²) in [4.78, 5) is 26.3. The van der Waals surface area contributed by atoms with Gasteiger partial charge in [-0.15, -0.1) is 0 Å². The van der Waals surface area contributed by atoms with Crippen molar-refractivity contribution in [2.75, 3.05) is 5.32 Å². The van der Waals surface area contributed by atoms with Gasteiger partial charge in [0.1, 0.15) is 11.6 Å². The number of hydrogen-bond donors (Lipinski definition) is 2. The summed E-state index contributed by atoms with van der Waals surface area (Å²) in [5.74, 6) is 0.160. The lowest BCUT2D eigenvalue weighted by atomic mass is 9.72. The van der Waals surface area contributed by atoms with Gasteiger partial charge in [0.05, 0.1) is 17.2 Å². The number of aromatic nitrogens is 2. The van der Waals surface area contributed by atoms with Gasteiger partial charge in [-0.2, -0.15) is 0 Å². The van der Waals surface area contributed by atoms with Crippen molar-refractivity contribution < 1.29 is 4.79 Å². The van der Waals surface area contributed by atoms with E-state index in [-0.39, 0.29) is 23.2 Å². The first kappa shape index (κ1) is 17.3. The molecule has 2 aromatic carbocycles. The molecule has 6 heteroatoms. The third-order valence-electron chi connectivity index (χ3n) is 5.50. The van der Waals surface area contributed by atoms with Crippen LogP contribution in [0.5, 0.6) is 0 Å². The van der Waals surface area contributed by atoms with Crippen molar-refractivity contribution >= 4 is 27.5 Å². The molecule has 0 saturated heterocycles. The molecule has 3 aromatic rings. The standard InChI is InChI=1S/C22H18BrN3O2/c23-14-7-4-6-13(12-14)18-19-16(10-5-11-17(19)27)24-21-20(18)22(28)26(25-21)15-8-2-1-3-9-15/h1-4,6-10,12,18-19,24-25H,5,11H2. The normalized spacial score (nSPS) is 20.8. The molecule has 1 aromatic heterocycles. The predicted octanol–water partition coefficient (Wildman–Crippen LogP) is 4.35. The number of rotatable bonds is 2. The monoisotopic (exact) mass is 435 g/mol. The molecular weight excluding hydrogens is 418 g/mol. The van der Waals surface area contributed by atoms with Crippen LogP contribution in [0.1, 0.15) is 29.9 Å². The Bertz CT molecular complexity index is 1160. The number of aromatic amines is 1. The van der Waals surface area contributed by atoms with Gasteiger partial charge in [-0.3, -0.25) is 14.7 Å². The molecule has 0 saturated carbocycles. The Kier molecular flexibility index (Phi) is 4.09. The van der Waals surface area contributed by atoms with Gasteiger partial charge in [0.25, 0.3) is 5.56 Å². The van der Waals surface area contributed by atoms with Crippen LogP contribution in [0.15, 0.2) is 75.6 Å². The van der Waals surface area contributed by atoms with Crippen LogP contribution in [0.25, 0.3) is 5.69 Å². The fraction of sp³-hybridized carbons (Fsp3) is 0.182. The highest BCUT2D eigenvalue weighted by atomic mass is 79.9.